The van der Waals surface area contributed by atoms with E-state index in [1.165, 1.54) is 0 Å². The summed E-state index contributed by atoms with van der Waals surface area (Å²) in [6.45, 7) is 8.95. The molecular weight excluding hydrogens is 373 g/mol. The number of fused-ring (bicyclic) bond motifs is 1. The zero-order valence-electron chi connectivity index (χ0n) is 15.4. The number of benzene rings is 2. The SMILES string of the molecule is CCN(CC)CCNCc1c(OCC(N)=O)ccc2ccccc12.Cl.Cl. The molecule has 0 saturated heterocycles. The number of hydrogen-bond acceptors (Lipinski definition) is 4. The fourth-order valence-corrected chi connectivity index (χ4v) is 2.77. The van der Waals surface area contributed by atoms with E-state index in [1.54, 1.807) is 0 Å². The third-order valence-corrected chi connectivity index (χ3v) is 4.17. The van der Waals surface area contributed by atoms with Crippen molar-refractivity contribution in [3.63, 3.8) is 0 Å². The highest BCUT2D eigenvalue weighted by Crippen LogP contribution is 2.28. The van der Waals surface area contributed by atoms with Gasteiger partial charge in [-0.2, -0.15) is 0 Å². The second-order valence-electron chi connectivity index (χ2n) is 5.72. The molecule has 26 heavy (non-hydrogen) atoms. The first kappa shape index (κ1) is 24.5. The van der Waals surface area contributed by atoms with Crippen LogP contribution in [0.2, 0.25) is 0 Å². The minimum absolute atomic E-state index is 0. The molecule has 0 bridgehead atoms. The fourth-order valence-electron chi connectivity index (χ4n) is 2.77. The summed E-state index contributed by atoms with van der Waals surface area (Å²) >= 11 is 0. The van der Waals surface area contributed by atoms with Crippen molar-refractivity contribution in [1.29, 1.82) is 0 Å². The predicted molar refractivity (Wildman–Crippen MR) is 113 cm³/mol. The maximum atomic E-state index is 11.0. The Morgan fingerprint density at radius 2 is 1.81 bits per heavy atom. The van der Waals surface area contributed by atoms with Gasteiger partial charge in [0.05, 0.1) is 0 Å². The fraction of sp³-hybridized carbons (Fsp3) is 0.421. The molecule has 0 aromatic heterocycles. The first-order valence-electron chi connectivity index (χ1n) is 8.50. The number of primary amides is 1. The Kier molecular flexibility index (Phi) is 12.0. The average molecular weight is 402 g/mol. The van der Waals surface area contributed by atoms with E-state index in [9.17, 15) is 4.79 Å². The minimum Gasteiger partial charge on any atom is -0.483 e. The van der Waals surface area contributed by atoms with Crippen LogP contribution in [0.5, 0.6) is 5.75 Å². The third-order valence-electron chi connectivity index (χ3n) is 4.17. The van der Waals surface area contributed by atoms with Crippen LogP contribution in [0.3, 0.4) is 0 Å². The summed E-state index contributed by atoms with van der Waals surface area (Å²) in [5, 5.41) is 5.77. The van der Waals surface area contributed by atoms with E-state index in [0.717, 1.165) is 42.5 Å². The van der Waals surface area contributed by atoms with Gasteiger partial charge in [0.15, 0.2) is 6.61 Å². The summed E-state index contributed by atoms with van der Waals surface area (Å²) in [4.78, 5) is 13.4. The molecule has 0 unspecified atom stereocenters. The van der Waals surface area contributed by atoms with E-state index in [0.29, 0.717) is 12.3 Å². The Hall–Kier alpha value is -1.53. The van der Waals surface area contributed by atoms with Crippen molar-refractivity contribution in [3.8, 4) is 5.75 Å². The number of ether oxygens (including phenoxy) is 1. The van der Waals surface area contributed by atoms with Crippen molar-refractivity contribution in [2.45, 2.75) is 20.4 Å². The minimum atomic E-state index is -0.469. The third kappa shape index (κ3) is 7.00. The van der Waals surface area contributed by atoms with Crippen molar-refractivity contribution in [3.05, 3.63) is 42.0 Å². The topological polar surface area (TPSA) is 67.6 Å². The lowest BCUT2D eigenvalue weighted by Crippen LogP contribution is -2.31. The molecule has 0 aliphatic heterocycles. The van der Waals surface area contributed by atoms with E-state index in [2.05, 4.69) is 36.2 Å². The Morgan fingerprint density at radius 3 is 2.46 bits per heavy atom. The number of carbonyl (C=O) groups excluding carboxylic acids is 1. The molecule has 0 aliphatic rings. The van der Waals surface area contributed by atoms with E-state index < -0.39 is 5.91 Å². The summed E-state index contributed by atoms with van der Waals surface area (Å²) in [7, 11) is 0. The predicted octanol–water partition coefficient (Wildman–Crippen LogP) is 2.98. The Morgan fingerprint density at radius 1 is 1.12 bits per heavy atom. The van der Waals surface area contributed by atoms with E-state index >= 15 is 0 Å². The Balaban J connectivity index is 0.00000312. The first-order valence-corrected chi connectivity index (χ1v) is 8.50. The van der Waals surface area contributed by atoms with Crippen LogP contribution in [0.4, 0.5) is 0 Å². The number of amides is 1. The number of nitrogens with two attached hydrogens (primary N) is 1. The number of likely N-dealkylation sites (N-methyl/N-ethyl adjacent to an activating group) is 1. The maximum absolute atomic E-state index is 11.0. The van der Waals surface area contributed by atoms with Crippen molar-refractivity contribution in [2.24, 2.45) is 5.73 Å². The molecule has 0 spiro atoms. The molecule has 7 heteroatoms. The molecule has 0 saturated carbocycles. The summed E-state index contributed by atoms with van der Waals surface area (Å²) < 4.78 is 5.60. The van der Waals surface area contributed by atoms with Crippen molar-refractivity contribution < 1.29 is 9.53 Å². The molecule has 146 valence electrons. The van der Waals surface area contributed by atoms with Crippen LogP contribution in [0.25, 0.3) is 10.8 Å². The van der Waals surface area contributed by atoms with Gasteiger partial charge in [-0.25, -0.2) is 0 Å². The van der Waals surface area contributed by atoms with Gasteiger partial charge in [-0.15, -0.1) is 24.8 Å². The highest BCUT2D eigenvalue weighted by molar-refractivity contribution is 5.88. The number of nitrogens with one attached hydrogen (secondary N) is 1. The standard InChI is InChI=1S/C19H27N3O2.2ClH/c1-3-22(4-2)12-11-21-13-17-16-8-6-5-7-15(16)9-10-18(17)24-14-19(20)23;;/h5-10,21H,3-4,11-14H2,1-2H3,(H2,20,23);2*1H. The average Bonchev–Trinajstić information content (AvgIpc) is 2.60. The highest BCUT2D eigenvalue weighted by atomic mass is 35.5. The zero-order valence-corrected chi connectivity index (χ0v) is 17.0. The van der Waals surface area contributed by atoms with Gasteiger partial charge in [0.25, 0.3) is 5.91 Å². The van der Waals surface area contributed by atoms with Gasteiger partial charge >= 0.3 is 0 Å². The number of halogens is 2. The summed E-state index contributed by atoms with van der Waals surface area (Å²) in [5.41, 5.74) is 6.27. The van der Waals surface area contributed by atoms with Gasteiger partial charge in [0.2, 0.25) is 0 Å². The number of hydrogen-bond donors (Lipinski definition) is 2. The van der Waals surface area contributed by atoms with Crippen molar-refractivity contribution in [2.75, 3.05) is 32.8 Å². The molecule has 0 aliphatic carbocycles. The molecule has 0 fully saturated rings. The monoisotopic (exact) mass is 401 g/mol. The quantitative estimate of drug-likeness (QED) is 0.600. The van der Waals surface area contributed by atoms with Gasteiger partial charge < -0.3 is 20.7 Å². The molecule has 1 amide bonds. The first-order chi connectivity index (χ1) is 11.7. The van der Waals surface area contributed by atoms with Crippen LogP contribution < -0.4 is 15.8 Å². The Labute approximate surface area is 168 Å². The molecule has 2 aromatic rings. The normalized spacial score (nSPS) is 10.3. The van der Waals surface area contributed by atoms with Gasteiger partial charge in [-0.3, -0.25) is 4.79 Å². The molecule has 2 aromatic carbocycles. The molecule has 5 nitrogen and oxygen atoms in total. The molecule has 0 atom stereocenters. The lowest BCUT2D eigenvalue weighted by Gasteiger charge is -2.19. The molecule has 0 radical (unpaired) electrons. The van der Waals surface area contributed by atoms with E-state index in [4.69, 9.17) is 10.5 Å². The number of rotatable bonds is 10. The molecule has 2 rings (SSSR count). The molecular formula is C19H29Cl2N3O2. The van der Waals surface area contributed by atoms with Crippen LogP contribution in [0.15, 0.2) is 36.4 Å². The second kappa shape index (κ2) is 12.8. The van der Waals surface area contributed by atoms with Crippen molar-refractivity contribution in [1.82, 2.24) is 10.2 Å². The molecule has 0 heterocycles. The highest BCUT2D eigenvalue weighted by Gasteiger charge is 2.10. The van der Waals surface area contributed by atoms with Crippen LogP contribution >= 0.6 is 24.8 Å². The van der Waals surface area contributed by atoms with Gasteiger partial charge in [-0.05, 0) is 29.9 Å². The number of carbonyl (C=O) groups is 1. The number of nitrogens with zero attached hydrogens (tertiary/aromatic N) is 1. The van der Waals surface area contributed by atoms with Crippen LogP contribution in [0, 0.1) is 0 Å². The Bertz CT molecular complexity index is 679. The smallest absolute Gasteiger partial charge is 0.255 e. The van der Waals surface area contributed by atoms with Gasteiger partial charge in [0, 0.05) is 25.2 Å². The van der Waals surface area contributed by atoms with Gasteiger partial charge in [-0.1, -0.05) is 44.2 Å². The van der Waals surface area contributed by atoms with E-state index in [1.807, 2.05) is 24.3 Å². The zero-order chi connectivity index (χ0) is 17.4. The summed E-state index contributed by atoms with van der Waals surface area (Å²) in [6.07, 6.45) is 0. The lowest BCUT2D eigenvalue weighted by molar-refractivity contribution is -0.119. The summed E-state index contributed by atoms with van der Waals surface area (Å²) in [6, 6.07) is 12.1. The largest absolute Gasteiger partial charge is 0.483 e. The van der Waals surface area contributed by atoms with Crippen LogP contribution in [-0.4, -0.2) is 43.6 Å². The maximum Gasteiger partial charge on any atom is 0.255 e. The summed E-state index contributed by atoms with van der Waals surface area (Å²) in [5.74, 6) is 0.242. The van der Waals surface area contributed by atoms with Crippen molar-refractivity contribution >= 4 is 41.5 Å². The lowest BCUT2D eigenvalue weighted by atomic mass is 10.0. The van der Waals surface area contributed by atoms with Crippen LogP contribution in [0.1, 0.15) is 19.4 Å². The van der Waals surface area contributed by atoms with Gasteiger partial charge in [0.1, 0.15) is 5.75 Å². The molecule has 3 N–H and O–H groups in total. The second-order valence-corrected chi connectivity index (χ2v) is 5.72. The van der Waals surface area contributed by atoms with E-state index in [-0.39, 0.29) is 31.4 Å². The van der Waals surface area contributed by atoms with Crippen LogP contribution in [-0.2, 0) is 11.3 Å².